The predicted octanol–water partition coefficient (Wildman–Crippen LogP) is 4.55. The number of rotatable bonds is 9. The SMILES string of the molecule is CSCCC1NC2(CCN(SOC(=O)NCc3ccc(Cl)cc3)CC2)N(Cc2cccc(C#N)c2)C1=O. The van der Waals surface area contributed by atoms with Crippen molar-refractivity contribution in [1.82, 2.24) is 19.8 Å². The first kappa shape index (κ1) is 27.6. The molecule has 2 amide bonds. The average Bonchev–Trinajstić information content (AvgIpc) is 3.16. The zero-order chi connectivity index (χ0) is 26.3. The van der Waals surface area contributed by atoms with E-state index in [0.717, 1.165) is 35.5 Å². The topological polar surface area (TPSA) is 97.7 Å². The van der Waals surface area contributed by atoms with Gasteiger partial charge in [0.25, 0.3) is 0 Å². The number of amides is 2. The first-order chi connectivity index (χ1) is 17.9. The summed E-state index contributed by atoms with van der Waals surface area (Å²) in [6, 6.07) is 16.6. The monoisotopic (exact) mass is 559 g/mol. The van der Waals surface area contributed by atoms with E-state index in [1.165, 1.54) is 0 Å². The highest BCUT2D eigenvalue weighted by atomic mass is 35.5. The molecule has 2 heterocycles. The van der Waals surface area contributed by atoms with Gasteiger partial charge in [-0.15, -0.1) is 0 Å². The summed E-state index contributed by atoms with van der Waals surface area (Å²) in [6.07, 6.45) is 3.71. The van der Waals surface area contributed by atoms with E-state index in [1.54, 1.807) is 30.0 Å². The highest BCUT2D eigenvalue weighted by molar-refractivity contribution is 7.98. The van der Waals surface area contributed by atoms with Crippen LogP contribution in [0.15, 0.2) is 48.5 Å². The number of nitrogens with one attached hydrogen (secondary N) is 2. The molecule has 196 valence electrons. The molecule has 8 nitrogen and oxygen atoms in total. The van der Waals surface area contributed by atoms with Crippen LogP contribution in [0.1, 0.15) is 36.0 Å². The Morgan fingerprint density at radius 1 is 1.24 bits per heavy atom. The zero-order valence-corrected chi connectivity index (χ0v) is 23.0. The van der Waals surface area contributed by atoms with Crippen LogP contribution < -0.4 is 10.6 Å². The first-order valence-corrected chi connectivity index (χ1v) is 14.6. The Labute approximate surface area is 231 Å². The van der Waals surface area contributed by atoms with Gasteiger partial charge in [0.1, 0.15) is 0 Å². The van der Waals surface area contributed by atoms with E-state index in [-0.39, 0.29) is 11.9 Å². The minimum Gasteiger partial charge on any atom is -0.358 e. The fraction of sp³-hybridized carbons (Fsp3) is 0.423. The summed E-state index contributed by atoms with van der Waals surface area (Å²) in [4.78, 5) is 27.6. The van der Waals surface area contributed by atoms with Gasteiger partial charge in [0.2, 0.25) is 5.91 Å². The van der Waals surface area contributed by atoms with Gasteiger partial charge < -0.3 is 14.4 Å². The second-order valence-electron chi connectivity index (χ2n) is 9.10. The predicted molar refractivity (Wildman–Crippen MR) is 148 cm³/mol. The number of halogens is 1. The van der Waals surface area contributed by atoms with Crippen molar-refractivity contribution in [3.8, 4) is 6.07 Å². The summed E-state index contributed by atoms with van der Waals surface area (Å²) in [7, 11) is 0. The lowest BCUT2D eigenvalue weighted by Gasteiger charge is -2.43. The van der Waals surface area contributed by atoms with Crippen molar-refractivity contribution in [3.63, 3.8) is 0 Å². The third-order valence-corrected chi connectivity index (χ3v) is 8.35. The Morgan fingerprint density at radius 2 is 2.00 bits per heavy atom. The van der Waals surface area contributed by atoms with Gasteiger partial charge in [-0.1, -0.05) is 35.9 Å². The molecule has 2 N–H and O–H groups in total. The van der Waals surface area contributed by atoms with Crippen LogP contribution in [0.3, 0.4) is 0 Å². The molecular formula is C26H30ClN5O3S2. The van der Waals surface area contributed by atoms with Crippen LogP contribution in [0.4, 0.5) is 4.79 Å². The Balaban J connectivity index is 1.33. The molecule has 1 atom stereocenters. The maximum absolute atomic E-state index is 13.4. The number of piperidine rings is 1. The maximum Gasteiger partial charge on any atom is 0.420 e. The van der Waals surface area contributed by atoms with Gasteiger partial charge in [-0.2, -0.15) is 17.0 Å². The van der Waals surface area contributed by atoms with Crippen LogP contribution in [-0.2, 0) is 22.1 Å². The second kappa shape index (κ2) is 12.9. The number of benzene rings is 2. The molecule has 1 spiro atoms. The molecule has 0 aliphatic carbocycles. The number of carbonyl (C=O) groups is 2. The minimum absolute atomic E-state index is 0.107. The van der Waals surface area contributed by atoms with Crippen LogP contribution in [0.5, 0.6) is 0 Å². The van der Waals surface area contributed by atoms with Crippen LogP contribution in [0.2, 0.25) is 5.02 Å². The van der Waals surface area contributed by atoms with E-state index >= 15 is 0 Å². The van der Waals surface area contributed by atoms with E-state index < -0.39 is 11.8 Å². The van der Waals surface area contributed by atoms with Gasteiger partial charge >= 0.3 is 6.09 Å². The van der Waals surface area contributed by atoms with Crippen LogP contribution in [0, 0.1) is 11.3 Å². The Bertz CT molecular complexity index is 1140. The molecule has 2 aliphatic rings. The molecule has 0 saturated carbocycles. The van der Waals surface area contributed by atoms with Crippen LogP contribution in [0.25, 0.3) is 0 Å². The second-order valence-corrected chi connectivity index (χ2v) is 11.4. The molecular weight excluding hydrogens is 530 g/mol. The molecule has 2 fully saturated rings. The normalized spacial score (nSPS) is 19.1. The van der Waals surface area contributed by atoms with Crippen LogP contribution >= 0.6 is 35.6 Å². The first-order valence-electron chi connectivity index (χ1n) is 12.1. The van der Waals surface area contributed by atoms with Crippen molar-refractivity contribution < 1.29 is 13.8 Å². The summed E-state index contributed by atoms with van der Waals surface area (Å²) in [5.74, 6) is 1.01. The standard InChI is InChI=1S/C26H30ClN5O3S2/c1-36-14-9-23-24(33)32(18-21-4-2-3-20(15-21)16-28)26(30-23)10-12-31(13-11-26)37-35-25(34)29-17-19-5-7-22(27)8-6-19/h2-8,15,23,30H,9-14,17-18H2,1H3,(H,29,34). The fourth-order valence-electron chi connectivity index (χ4n) is 4.68. The molecule has 2 aliphatic heterocycles. The van der Waals surface area contributed by atoms with Crippen molar-refractivity contribution >= 4 is 47.6 Å². The summed E-state index contributed by atoms with van der Waals surface area (Å²) < 4.78 is 7.36. The molecule has 4 rings (SSSR count). The average molecular weight is 560 g/mol. The Morgan fingerprint density at radius 3 is 2.70 bits per heavy atom. The lowest BCUT2D eigenvalue weighted by Crippen LogP contribution is -2.57. The van der Waals surface area contributed by atoms with Gasteiger partial charge in [0.05, 0.1) is 23.3 Å². The quantitative estimate of drug-likeness (QED) is 0.341. The third-order valence-electron chi connectivity index (χ3n) is 6.65. The summed E-state index contributed by atoms with van der Waals surface area (Å²) >= 11 is 8.67. The van der Waals surface area contributed by atoms with Gasteiger partial charge in [-0.05, 0) is 66.7 Å². The lowest BCUT2D eigenvalue weighted by atomic mass is 9.96. The number of nitriles is 1. The number of thioether (sulfide) groups is 1. The third kappa shape index (κ3) is 7.12. The molecule has 2 aromatic carbocycles. The van der Waals surface area contributed by atoms with E-state index in [4.69, 9.17) is 15.8 Å². The smallest absolute Gasteiger partial charge is 0.358 e. The molecule has 0 radical (unpaired) electrons. The summed E-state index contributed by atoms with van der Waals surface area (Å²) in [6.45, 7) is 2.11. The largest absolute Gasteiger partial charge is 0.420 e. The molecule has 11 heteroatoms. The van der Waals surface area contributed by atoms with Crippen LogP contribution in [-0.4, -0.2) is 58.0 Å². The van der Waals surface area contributed by atoms with Gasteiger partial charge in [0.15, 0.2) is 12.2 Å². The highest BCUT2D eigenvalue weighted by Crippen LogP contribution is 2.36. The van der Waals surface area contributed by atoms with Crippen molar-refractivity contribution in [3.05, 3.63) is 70.2 Å². The van der Waals surface area contributed by atoms with Crippen molar-refractivity contribution in [2.24, 2.45) is 0 Å². The molecule has 37 heavy (non-hydrogen) atoms. The Hall–Kier alpha value is -2.42. The molecule has 0 aromatic heterocycles. The molecule has 0 bridgehead atoms. The van der Waals surface area contributed by atoms with E-state index in [0.29, 0.717) is 49.6 Å². The zero-order valence-electron chi connectivity index (χ0n) is 20.6. The number of carbonyl (C=O) groups excluding carboxylic acids is 2. The number of hydrogen-bond donors (Lipinski definition) is 2. The lowest BCUT2D eigenvalue weighted by molar-refractivity contribution is -0.134. The van der Waals surface area contributed by atoms with E-state index in [2.05, 4.69) is 16.7 Å². The minimum atomic E-state index is -0.509. The van der Waals surface area contributed by atoms with Gasteiger partial charge in [-0.25, -0.2) is 9.10 Å². The number of hydrogen-bond acceptors (Lipinski definition) is 8. The summed E-state index contributed by atoms with van der Waals surface area (Å²) in [5, 5.41) is 16.3. The van der Waals surface area contributed by atoms with Gasteiger partial charge in [0, 0.05) is 31.2 Å². The summed E-state index contributed by atoms with van der Waals surface area (Å²) in [5.41, 5.74) is 2.00. The fourth-order valence-corrected chi connectivity index (χ4v) is 5.84. The van der Waals surface area contributed by atoms with E-state index in [9.17, 15) is 14.9 Å². The van der Waals surface area contributed by atoms with Crippen molar-refractivity contribution in [2.75, 3.05) is 25.1 Å². The van der Waals surface area contributed by atoms with Crippen molar-refractivity contribution in [1.29, 1.82) is 5.26 Å². The van der Waals surface area contributed by atoms with E-state index in [1.807, 2.05) is 45.8 Å². The molecule has 1 unspecified atom stereocenters. The number of nitrogens with zero attached hydrogens (tertiary/aromatic N) is 3. The highest BCUT2D eigenvalue weighted by Gasteiger charge is 2.51. The van der Waals surface area contributed by atoms with Crippen molar-refractivity contribution in [2.45, 2.75) is 44.1 Å². The maximum atomic E-state index is 13.4. The Kier molecular flexibility index (Phi) is 9.62. The molecule has 2 saturated heterocycles. The molecule has 2 aromatic rings. The van der Waals surface area contributed by atoms with Gasteiger partial charge in [-0.3, -0.25) is 10.1 Å².